The van der Waals surface area contributed by atoms with Gasteiger partial charge in [0, 0.05) is 37.4 Å². The monoisotopic (exact) mass is 480 g/mol. The summed E-state index contributed by atoms with van der Waals surface area (Å²) in [5.41, 5.74) is 1.27. The van der Waals surface area contributed by atoms with E-state index in [9.17, 15) is 9.59 Å². The van der Waals surface area contributed by atoms with Gasteiger partial charge in [-0.3, -0.25) is 9.59 Å². The fraction of sp³-hybridized carbons (Fsp3) is 0.522. The van der Waals surface area contributed by atoms with Crippen molar-refractivity contribution in [1.29, 1.82) is 0 Å². The molecule has 0 spiro atoms. The second kappa shape index (κ2) is 9.81. The molecule has 2 aromatic rings. The van der Waals surface area contributed by atoms with Gasteiger partial charge in [-0.2, -0.15) is 5.10 Å². The molecule has 1 saturated heterocycles. The fourth-order valence-corrected chi connectivity index (χ4v) is 3.91. The Morgan fingerprint density at radius 1 is 1.09 bits per heavy atom. The maximum atomic E-state index is 12.7. The number of halogens is 2. The molecule has 1 fully saturated rings. The third kappa shape index (κ3) is 6.03. The first-order valence-corrected chi connectivity index (χ1v) is 11.5. The summed E-state index contributed by atoms with van der Waals surface area (Å²) in [6.45, 7) is 11.1. The fourth-order valence-electron chi connectivity index (χ4n) is 3.62. The summed E-state index contributed by atoms with van der Waals surface area (Å²) in [5, 5.41) is 8.41. The summed E-state index contributed by atoms with van der Waals surface area (Å²) in [5.74, 6) is 0.212. The van der Waals surface area contributed by atoms with E-state index >= 15 is 0 Å². The number of carbonyl (C=O) groups excluding carboxylic acids is 2. The van der Waals surface area contributed by atoms with Crippen LogP contribution >= 0.6 is 23.2 Å². The molecule has 174 valence electrons. The average molecular weight is 481 g/mol. The number of benzene rings is 1. The lowest BCUT2D eigenvalue weighted by atomic mass is 9.92. The minimum Gasteiger partial charge on any atom is -0.372 e. The van der Waals surface area contributed by atoms with E-state index in [4.69, 9.17) is 27.9 Å². The van der Waals surface area contributed by atoms with E-state index in [1.807, 2.05) is 40.7 Å². The number of ether oxygens (including phenoxy) is 1. The largest absolute Gasteiger partial charge is 0.372 e. The van der Waals surface area contributed by atoms with Crippen molar-refractivity contribution in [1.82, 2.24) is 14.7 Å². The van der Waals surface area contributed by atoms with Gasteiger partial charge < -0.3 is 15.0 Å². The van der Waals surface area contributed by atoms with Crippen LogP contribution in [0, 0.1) is 0 Å². The number of anilines is 1. The van der Waals surface area contributed by atoms with Crippen LogP contribution in [0.3, 0.4) is 0 Å². The van der Waals surface area contributed by atoms with Crippen LogP contribution in [0.1, 0.15) is 53.2 Å². The molecule has 0 radical (unpaired) electrons. The number of nitrogens with one attached hydrogen (secondary N) is 1. The molecule has 3 rings (SSSR count). The van der Waals surface area contributed by atoms with Gasteiger partial charge in [0.2, 0.25) is 11.8 Å². The zero-order chi connectivity index (χ0) is 23.6. The molecular formula is C23H30Cl2N4O3. The molecule has 2 heterocycles. The molecule has 1 N–H and O–H groups in total. The Morgan fingerprint density at radius 2 is 1.75 bits per heavy atom. The molecule has 1 aliphatic heterocycles. The van der Waals surface area contributed by atoms with Gasteiger partial charge in [0.25, 0.3) is 0 Å². The van der Waals surface area contributed by atoms with Crippen LogP contribution in [-0.4, -0.2) is 51.8 Å². The summed E-state index contributed by atoms with van der Waals surface area (Å²) < 4.78 is 7.30. The highest BCUT2D eigenvalue weighted by Crippen LogP contribution is 2.29. The van der Waals surface area contributed by atoms with E-state index in [1.165, 1.54) is 0 Å². The summed E-state index contributed by atoms with van der Waals surface area (Å²) >= 11 is 12.2. The number of hydrogen-bond donors (Lipinski definition) is 1. The van der Waals surface area contributed by atoms with Gasteiger partial charge in [0.05, 0.1) is 33.6 Å². The molecule has 1 aromatic heterocycles. The minimum atomic E-state index is -0.255. The normalized spacial score (nSPS) is 19.2. The van der Waals surface area contributed by atoms with Crippen LogP contribution in [0.2, 0.25) is 10.0 Å². The molecule has 7 nitrogen and oxygen atoms in total. The first-order valence-electron chi connectivity index (χ1n) is 10.7. The minimum absolute atomic E-state index is 0.00658. The molecule has 0 bridgehead atoms. The molecule has 0 saturated carbocycles. The molecule has 32 heavy (non-hydrogen) atoms. The molecule has 0 aliphatic carbocycles. The third-order valence-electron chi connectivity index (χ3n) is 5.23. The number of morpholine rings is 1. The lowest BCUT2D eigenvalue weighted by Crippen LogP contribution is -2.48. The van der Waals surface area contributed by atoms with Crippen molar-refractivity contribution in [2.75, 3.05) is 18.4 Å². The number of aromatic nitrogens is 2. The van der Waals surface area contributed by atoms with Crippen molar-refractivity contribution < 1.29 is 14.3 Å². The molecule has 1 aliphatic rings. The van der Waals surface area contributed by atoms with E-state index in [1.54, 1.807) is 27.8 Å². The molecule has 1 aromatic carbocycles. The van der Waals surface area contributed by atoms with Crippen LogP contribution in [-0.2, 0) is 19.7 Å². The quantitative estimate of drug-likeness (QED) is 0.664. The summed E-state index contributed by atoms with van der Waals surface area (Å²) in [6, 6.07) is 7.01. The number of nitrogens with zero attached hydrogens (tertiary/aromatic N) is 3. The van der Waals surface area contributed by atoms with Gasteiger partial charge in [-0.15, -0.1) is 0 Å². The maximum absolute atomic E-state index is 12.7. The standard InChI is InChI=1S/C23H30Cl2N4O3/c1-14-12-28(13-15(2)32-14)22(31)9-8-21(30)26-20-11-19(23(3,4)5)27-29(20)16-6-7-17(24)18(25)10-16/h6-7,10-11,14-15H,8-9,12-13H2,1-5H3,(H,26,30). The Hall–Kier alpha value is -2.09. The van der Waals surface area contributed by atoms with E-state index in [2.05, 4.69) is 10.4 Å². The Labute approximate surface area is 199 Å². The number of amides is 2. The number of carbonyl (C=O) groups is 2. The van der Waals surface area contributed by atoms with Crippen LogP contribution in [0.15, 0.2) is 24.3 Å². The van der Waals surface area contributed by atoms with E-state index < -0.39 is 0 Å². The van der Waals surface area contributed by atoms with Crippen molar-refractivity contribution in [2.45, 2.75) is 65.1 Å². The van der Waals surface area contributed by atoms with Gasteiger partial charge in [0.1, 0.15) is 5.82 Å². The first-order chi connectivity index (χ1) is 14.9. The van der Waals surface area contributed by atoms with Crippen molar-refractivity contribution >= 4 is 40.8 Å². The van der Waals surface area contributed by atoms with Crippen molar-refractivity contribution in [3.8, 4) is 5.69 Å². The summed E-state index contributed by atoms with van der Waals surface area (Å²) in [7, 11) is 0. The Balaban J connectivity index is 1.73. The van der Waals surface area contributed by atoms with Crippen LogP contribution in [0.25, 0.3) is 5.69 Å². The number of hydrogen-bond acceptors (Lipinski definition) is 4. The predicted molar refractivity (Wildman–Crippen MR) is 127 cm³/mol. The predicted octanol–water partition coefficient (Wildman–Crippen LogP) is 4.83. The van der Waals surface area contributed by atoms with Gasteiger partial charge in [0.15, 0.2) is 0 Å². The second-order valence-electron chi connectivity index (χ2n) is 9.28. The van der Waals surface area contributed by atoms with Gasteiger partial charge in [-0.1, -0.05) is 44.0 Å². The summed E-state index contributed by atoms with van der Waals surface area (Å²) in [6.07, 6.45) is 0.204. The van der Waals surface area contributed by atoms with Gasteiger partial charge in [-0.05, 0) is 32.0 Å². The zero-order valence-electron chi connectivity index (χ0n) is 19.1. The van der Waals surface area contributed by atoms with Crippen LogP contribution < -0.4 is 5.32 Å². The Kier molecular flexibility index (Phi) is 7.53. The molecule has 2 unspecified atom stereocenters. The van der Waals surface area contributed by atoms with E-state index in [0.717, 1.165) is 5.69 Å². The lowest BCUT2D eigenvalue weighted by molar-refractivity contribution is -0.144. The van der Waals surface area contributed by atoms with Crippen molar-refractivity contribution in [3.63, 3.8) is 0 Å². The van der Waals surface area contributed by atoms with E-state index in [0.29, 0.717) is 34.6 Å². The van der Waals surface area contributed by atoms with Crippen LogP contribution in [0.4, 0.5) is 5.82 Å². The Morgan fingerprint density at radius 3 is 2.34 bits per heavy atom. The first kappa shape index (κ1) is 24.6. The summed E-state index contributed by atoms with van der Waals surface area (Å²) in [4.78, 5) is 27.0. The molecular weight excluding hydrogens is 451 g/mol. The highest BCUT2D eigenvalue weighted by Gasteiger charge is 2.26. The van der Waals surface area contributed by atoms with Gasteiger partial charge in [-0.25, -0.2) is 4.68 Å². The van der Waals surface area contributed by atoms with Crippen LogP contribution in [0.5, 0.6) is 0 Å². The molecule has 2 atom stereocenters. The topological polar surface area (TPSA) is 76.5 Å². The third-order valence-corrected chi connectivity index (χ3v) is 5.97. The SMILES string of the molecule is CC1CN(C(=O)CCC(=O)Nc2cc(C(C)(C)C)nn2-c2ccc(Cl)c(Cl)c2)CC(C)O1. The average Bonchev–Trinajstić information content (AvgIpc) is 3.11. The molecule has 9 heteroatoms. The lowest BCUT2D eigenvalue weighted by Gasteiger charge is -2.35. The van der Waals surface area contributed by atoms with Gasteiger partial charge >= 0.3 is 0 Å². The smallest absolute Gasteiger partial charge is 0.226 e. The zero-order valence-corrected chi connectivity index (χ0v) is 20.6. The van der Waals surface area contributed by atoms with Crippen molar-refractivity contribution in [2.24, 2.45) is 0 Å². The highest BCUT2D eigenvalue weighted by atomic mass is 35.5. The van der Waals surface area contributed by atoms with E-state index in [-0.39, 0.29) is 42.3 Å². The number of rotatable bonds is 5. The Bertz CT molecular complexity index is 990. The maximum Gasteiger partial charge on any atom is 0.226 e. The van der Waals surface area contributed by atoms with Crippen molar-refractivity contribution in [3.05, 3.63) is 40.0 Å². The highest BCUT2D eigenvalue weighted by molar-refractivity contribution is 6.42. The molecule has 2 amide bonds. The second-order valence-corrected chi connectivity index (χ2v) is 10.1.